The third kappa shape index (κ3) is 5.33. The van der Waals surface area contributed by atoms with Crippen LogP contribution in [-0.2, 0) is 4.79 Å². The van der Waals surface area contributed by atoms with Crippen molar-refractivity contribution in [1.82, 2.24) is 14.7 Å². The molecule has 1 aliphatic heterocycles. The summed E-state index contributed by atoms with van der Waals surface area (Å²) in [7, 11) is 0. The number of nitrogens with one attached hydrogen (secondary N) is 1. The second kappa shape index (κ2) is 9.85. The Morgan fingerprint density at radius 1 is 1.18 bits per heavy atom. The highest BCUT2D eigenvalue weighted by molar-refractivity contribution is 6.36. The van der Waals surface area contributed by atoms with Gasteiger partial charge in [0, 0.05) is 57.8 Å². The Morgan fingerprint density at radius 3 is 2.52 bits per heavy atom. The van der Waals surface area contributed by atoms with Gasteiger partial charge in [0.25, 0.3) is 0 Å². The molecule has 1 saturated carbocycles. The highest BCUT2D eigenvalue weighted by Gasteiger charge is 2.51. The zero-order chi connectivity index (χ0) is 23.8. The number of amides is 3. The number of carbonyl (C=O) groups is 2. The molecule has 1 N–H and O–H groups in total. The minimum Gasteiger partial charge on any atom is -0.338 e. The number of anilines is 1. The number of benzene rings is 1. The average molecular weight is 493 g/mol. The van der Waals surface area contributed by atoms with E-state index in [-0.39, 0.29) is 11.9 Å². The van der Waals surface area contributed by atoms with Crippen molar-refractivity contribution in [1.29, 1.82) is 0 Å². The lowest BCUT2D eigenvalue weighted by atomic mass is 9.49. The van der Waals surface area contributed by atoms with E-state index in [1.165, 1.54) is 12.0 Å². The normalized spacial score (nSPS) is 24.0. The van der Waals surface area contributed by atoms with Gasteiger partial charge in [0.05, 0.1) is 10.7 Å². The summed E-state index contributed by atoms with van der Waals surface area (Å²) in [5.74, 6) is 1.56. The van der Waals surface area contributed by atoms with Gasteiger partial charge < -0.3 is 15.1 Å². The molecule has 2 fully saturated rings. The summed E-state index contributed by atoms with van der Waals surface area (Å²) < 4.78 is 0. The van der Waals surface area contributed by atoms with E-state index in [0.29, 0.717) is 40.2 Å². The molecule has 0 spiro atoms. The number of hydrogen-bond acceptors (Lipinski definition) is 3. The Hall–Kier alpha value is -1.76. The summed E-state index contributed by atoms with van der Waals surface area (Å²) in [5, 5.41) is 3.82. The fraction of sp³-hybridized carbons (Fsp3) is 0.600. The summed E-state index contributed by atoms with van der Waals surface area (Å²) >= 11 is 12.1. The van der Waals surface area contributed by atoms with E-state index in [1.807, 2.05) is 4.90 Å². The molecule has 3 aliphatic carbocycles. The Morgan fingerprint density at radius 2 is 1.91 bits per heavy atom. The predicted octanol–water partition coefficient (Wildman–Crippen LogP) is 4.98. The quantitative estimate of drug-likeness (QED) is 0.569. The Kier molecular flexibility index (Phi) is 7.27. The molecule has 3 amide bonds. The largest absolute Gasteiger partial charge is 0.338 e. The van der Waals surface area contributed by atoms with E-state index < -0.39 is 0 Å². The van der Waals surface area contributed by atoms with Crippen LogP contribution < -0.4 is 5.32 Å². The predicted molar refractivity (Wildman–Crippen MR) is 134 cm³/mol. The smallest absolute Gasteiger partial charge is 0.321 e. The second-order valence-corrected chi connectivity index (χ2v) is 11.0. The third-order valence-electron chi connectivity index (χ3n) is 7.92. The van der Waals surface area contributed by atoms with E-state index >= 15 is 0 Å². The monoisotopic (exact) mass is 492 g/mol. The van der Waals surface area contributed by atoms with Crippen molar-refractivity contribution in [3.05, 3.63) is 39.9 Å². The van der Waals surface area contributed by atoms with Gasteiger partial charge in [-0.3, -0.25) is 9.69 Å². The molecule has 1 aromatic rings. The van der Waals surface area contributed by atoms with Crippen molar-refractivity contribution in [3.8, 4) is 0 Å². The summed E-state index contributed by atoms with van der Waals surface area (Å²) in [6.45, 7) is 11.5. The molecule has 33 heavy (non-hydrogen) atoms. The molecule has 1 heterocycles. The fourth-order valence-corrected chi connectivity index (χ4v) is 5.90. The Labute approximate surface area is 206 Å². The number of rotatable bonds is 6. The number of hydrogen-bond donors (Lipinski definition) is 1. The van der Waals surface area contributed by atoms with E-state index in [2.05, 4.69) is 30.1 Å². The van der Waals surface area contributed by atoms with Gasteiger partial charge in [-0.2, -0.15) is 0 Å². The second-order valence-electron chi connectivity index (χ2n) is 10.1. The summed E-state index contributed by atoms with van der Waals surface area (Å²) in [4.78, 5) is 31.1. The molecule has 1 saturated heterocycles. The van der Waals surface area contributed by atoms with Crippen LogP contribution in [0.3, 0.4) is 0 Å². The highest BCUT2D eigenvalue weighted by Crippen LogP contribution is 2.59. The van der Waals surface area contributed by atoms with Crippen LogP contribution in [0.25, 0.3) is 0 Å². The van der Waals surface area contributed by atoms with Crippen molar-refractivity contribution < 1.29 is 9.59 Å². The van der Waals surface area contributed by atoms with Gasteiger partial charge in [0.1, 0.15) is 0 Å². The van der Waals surface area contributed by atoms with Gasteiger partial charge in [-0.15, -0.1) is 0 Å². The van der Waals surface area contributed by atoms with Crippen LogP contribution >= 0.6 is 23.2 Å². The molecule has 2 unspecified atom stereocenters. The van der Waals surface area contributed by atoms with Crippen molar-refractivity contribution in [2.24, 2.45) is 17.3 Å². The molecule has 4 aliphatic rings. The summed E-state index contributed by atoms with van der Waals surface area (Å²) in [6.07, 6.45) is 4.80. The molecular formula is C25H34Cl2N4O2. The molecule has 0 radical (unpaired) electrons. The van der Waals surface area contributed by atoms with Gasteiger partial charge >= 0.3 is 6.03 Å². The molecule has 2 atom stereocenters. The minimum atomic E-state index is -0.158. The van der Waals surface area contributed by atoms with Gasteiger partial charge in [-0.05, 0) is 48.3 Å². The molecule has 8 heteroatoms. The van der Waals surface area contributed by atoms with Crippen molar-refractivity contribution >= 4 is 40.8 Å². The average Bonchev–Trinajstić information content (AvgIpc) is 2.78. The topological polar surface area (TPSA) is 55.9 Å². The van der Waals surface area contributed by atoms with E-state index in [0.717, 1.165) is 45.1 Å². The fourth-order valence-electron chi connectivity index (χ4n) is 5.45. The molecule has 180 valence electrons. The van der Waals surface area contributed by atoms with Crippen LogP contribution in [0.15, 0.2) is 29.8 Å². The number of piperazine rings is 1. The number of nitrogens with zero attached hydrogens (tertiary/aromatic N) is 3. The first-order valence-electron chi connectivity index (χ1n) is 11.8. The van der Waals surface area contributed by atoms with Crippen LogP contribution in [-0.4, -0.2) is 72.5 Å². The maximum atomic E-state index is 12.6. The molecule has 0 aromatic heterocycles. The van der Waals surface area contributed by atoms with Gasteiger partial charge in [-0.25, -0.2) is 4.79 Å². The number of fused-ring (bicyclic) bond motifs is 1. The van der Waals surface area contributed by atoms with Gasteiger partial charge in [-0.1, -0.05) is 48.7 Å². The van der Waals surface area contributed by atoms with Gasteiger partial charge in [0.15, 0.2) is 0 Å². The number of carbonyl (C=O) groups excluding carboxylic acids is 2. The molecule has 2 bridgehead atoms. The van der Waals surface area contributed by atoms with E-state index in [4.69, 9.17) is 23.2 Å². The summed E-state index contributed by atoms with van der Waals surface area (Å²) in [6, 6.07) is 4.87. The van der Waals surface area contributed by atoms with Crippen LogP contribution in [0.2, 0.25) is 10.0 Å². The third-order valence-corrected chi connectivity index (χ3v) is 8.47. The first-order valence-corrected chi connectivity index (χ1v) is 12.6. The first-order chi connectivity index (χ1) is 15.6. The lowest BCUT2D eigenvalue weighted by molar-refractivity contribution is -0.129. The number of urea groups is 1. The van der Waals surface area contributed by atoms with Crippen LogP contribution in [0.5, 0.6) is 0 Å². The van der Waals surface area contributed by atoms with Crippen molar-refractivity contribution in [2.75, 3.05) is 51.1 Å². The maximum Gasteiger partial charge on any atom is 0.321 e. The Bertz CT molecular complexity index is 940. The molecule has 1 aromatic carbocycles. The number of allylic oxidation sites excluding steroid dienone is 1. The first kappa shape index (κ1) is 24.4. The zero-order valence-electron chi connectivity index (χ0n) is 19.7. The van der Waals surface area contributed by atoms with E-state index in [1.54, 1.807) is 30.0 Å². The van der Waals surface area contributed by atoms with Crippen molar-refractivity contribution in [2.45, 2.75) is 33.6 Å². The Balaban J connectivity index is 1.24. The van der Waals surface area contributed by atoms with Gasteiger partial charge in [0.2, 0.25) is 5.91 Å². The SMILES string of the molecule is CC(=O)N(CCN1CCN(C(=O)Nc2ccc(Cl)cc2Cl)CC1)CC1=CCC2CC1C2(C)C. The zero-order valence-corrected chi connectivity index (χ0v) is 21.3. The molecular weight excluding hydrogens is 459 g/mol. The molecule has 5 rings (SSSR count). The van der Waals surface area contributed by atoms with E-state index in [9.17, 15) is 9.59 Å². The van der Waals surface area contributed by atoms with Crippen LogP contribution in [0, 0.1) is 17.3 Å². The summed E-state index contributed by atoms with van der Waals surface area (Å²) in [5.41, 5.74) is 2.38. The lowest BCUT2D eigenvalue weighted by Crippen LogP contribution is -2.52. The standard InChI is InChI=1S/C25H34Cl2N4O2/c1-17(32)31(16-18-4-5-19-14-21(18)25(19,2)3)13-10-29-8-11-30(12-9-29)24(33)28-23-7-6-20(26)15-22(23)27/h4,6-7,15,19,21H,5,8-14,16H2,1-3H3,(H,28,33). The van der Waals surface area contributed by atoms with Crippen molar-refractivity contribution in [3.63, 3.8) is 0 Å². The minimum absolute atomic E-state index is 0.132. The highest BCUT2D eigenvalue weighted by atomic mass is 35.5. The lowest BCUT2D eigenvalue weighted by Gasteiger charge is -2.57. The number of halogens is 2. The van der Waals surface area contributed by atoms with Crippen LogP contribution in [0.4, 0.5) is 10.5 Å². The van der Waals surface area contributed by atoms with Crippen LogP contribution in [0.1, 0.15) is 33.6 Å². The molecule has 6 nitrogen and oxygen atoms in total. The maximum absolute atomic E-state index is 12.6.